The van der Waals surface area contributed by atoms with Gasteiger partial charge in [0.25, 0.3) is 0 Å². The summed E-state index contributed by atoms with van der Waals surface area (Å²) < 4.78 is 19.3. The first-order valence-corrected chi connectivity index (χ1v) is 6.11. The van der Waals surface area contributed by atoms with E-state index < -0.39 is 5.82 Å². The third-order valence-electron chi connectivity index (χ3n) is 2.20. The fourth-order valence-corrected chi connectivity index (χ4v) is 1.69. The smallest absolute Gasteiger partial charge is 0.322 e. The van der Waals surface area contributed by atoms with E-state index in [9.17, 15) is 4.39 Å². The molecule has 8 heteroatoms. The number of nitrogens with one attached hydrogen (secondary N) is 2. The first kappa shape index (κ1) is 13.5. The largest absolute Gasteiger partial charge is 0.467 e. The van der Waals surface area contributed by atoms with E-state index in [4.69, 9.17) is 4.74 Å². The van der Waals surface area contributed by atoms with Crippen LogP contribution in [0.2, 0.25) is 0 Å². The van der Waals surface area contributed by atoms with Gasteiger partial charge in [0.2, 0.25) is 11.9 Å². The summed E-state index contributed by atoms with van der Waals surface area (Å²) in [5.41, 5.74) is 0.254. The van der Waals surface area contributed by atoms with Gasteiger partial charge in [-0.1, -0.05) is 15.9 Å². The highest BCUT2D eigenvalue weighted by Crippen LogP contribution is 2.23. The Balaban J connectivity index is 2.34. The van der Waals surface area contributed by atoms with Gasteiger partial charge < -0.3 is 15.4 Å². The van der Waals surface area contributed by atoms with Crippen LogP contribution in [0.5, 0.6) is 6.01 Å². The third-order valence-corrected chi connectivity index (χ3v) is 2.69. The lowest BCUT2D eigenvalue weighted by molar-refractivity contribution is 0.379. The number of hydrogen-bond acceptors (Lipinski definition) is 6. The molecule has 0 atom stereocenters. The van der Waals surface area contributed by atoms with Gasteiger partial charge in [0.1, 0.15) is 5.82 Å². The highest BCUT2D eigenvalue weighted by Gasteiger charge is 2.09. The number of nitrogens with zero attached hydrogens (tertiary/aromatic N) is 3. The van der Waals surface area contributed by atoms with Crippen LogP contribution in [-0.2, 0) is 0 Å². The second kappa shape index (κ2) is 5.79. The van der Waals surface area contributed by atoms with E-state index in [0.29, 0.717) is 5.95 Å². The van der Waals surface area contributed by atoms with Crippen molar-refractivity contribution >= 4 is 33.5 Å². The average molecular weight is 328 g/mol. The van der Waals surface area contributed by atoms with Gasteiger partial charge in [0, 0.05) is 11.5 Å². The van der Waals surface area contributed by atoms with Crippen molar-refractivity contribution in [1.82, 2.24) is 15.0 Å². The molecule has 0 unspecified atom stereocenters. The van der Waals surface area contributed by atoms with Gasteiger partial charge in [-0.3, -0.25) is 0 Å². The molecule has 6 nitrogen and oxygen atoms in total. The number of anilines is 3. The van der Waals surface area contributed by atoms with Crippen molar-refractivity contribution in [3.8, 4) is 6.01 Å². The van der Waals surface area contributed by atoms with Crippen molar-refractivity contribution in [2.45, 2.75) is 0 Å². The first-order valence-electron chi connectivity index (χ1n) is 5.32. The lowest BCUT2D eigenvalue weighted by atomic mass is 10.3. The van der Waals surface area contributed by atoms with Gasteiger partial charge in [-0.15, -0.1) is 0 Å². The fourth-order valence-electron chi connectivity index (χ4n) is 1.33. The summed E-state index contributed by atoms with van der Waals surface area (Å²) >= 11 is 3.27. The summed E-state index contributed by atoms with van der Waals surface area (Å²) in [6, 6.07) is 4.67. The Bertz CT molecular complexity index is 573. The fraction of sp³-hybridized carbons (Fsp3) is 0.182. The van der Waals surface area contributed by atoms with Gasteiger partial charge in [0.05, 0.1) is 12.8 Å². The quantitative estimate of drug-likeness (QED) is 0.899. The molecule has 1 aromatic carbocycles. The summed E-state index contributed by atoms with van der Waals surface area (Å²) in [5.74, 6) is 0.103. The maximum absolute atomic E-state index is 13.6. The van der Waals surface area contributed by atoms with Crippen molar-refractivity contribution < 1.29 is 9.13 Å². The zero-order valence-electron chi connectivity index (χ0n) is 10.2. The predicted molar refractivity (Wildman–Crippen MR) is 73.3 cm³/mol. The van der Waals surface area contributed by atoms with Crippen molar-refractivity contribution in [1.29, 1.82) is 0 Å². The minimum atomic E-state index is -0.409. The highest BCUT2D eigenvalue weighted by atomic mass is 79.9. The molecule has 100 valence electrons. The number of halogens is 2. The van der Waals surface area contributed by atoms with Crippen molar-refractivity contribution in [3.05, 3.63) is 28.5 Å². The molecular weight excluding hydrogens is 317 g/mol. The van der Waals surface area contributed by atoms with Crippen molar-refractivity contribution in [3.63, 3.8) is 0 Å². The van der Waals surface area contributed by atoms with Crippen LogP contribution in [0.25, 0.3) is 0 Å². The highest BCUT2D eigenvalue weighted by molar-refractivity contribution is 9.10. The van der Waals surface area contributed by atoms with Crippen molar-refractivity contribution in [2.24, 2.45) is 0 Å². The van der Waals surface area contributed by atoms with Gasteiger partial charge in [-0.2, -0.15) is 15.0 Å². The Morgan fingerprint density at radius 3 is 2.63 bits per heavy atom. The minimum Gasteiger partial charge on any atom is -0.467 e. The first-order chi connectivity index (χ1) is 9.12. The summed E-state index contributed by atoms with van der Waals surface area (Å²) in [7, 11) is 3.11. The molecule has 0 aliphatic carbocycles. The average Bonchev–Trinajstić information content (AvgIpc) is 2.42. The van der Waals surface area contributed by atoms with Gasteiger partial charge in [0.15, 0.2) is 0 Å². The zero-order valence-corrected chi connectivity index (χ0v) is 11.8. The maximum Gasteiger partial charge on any atom is 0.322 e. The Labute approximate surface area is 117 Å². The van der Waals surface area contributed by atoms with E-state index >= 15 is 0 Å². The van der Waals surface area contributed by atoms with Gasteiger partial charge in [-0.05, 0) is 18.2 Å². The Kier molecular flexibility index (Phi) is 4.10. The monoisotopic (exact) mass is 327 g/mol. The second-order valence-electron chi connectivity index (χ2n) is 3.47. The standard InChI is InChI=1S/C11H11BrFN5O/c1-14-9-16-10(18-11(17-9)19-2)15-8-5-6(12)3-4-7(8)13/h3-5H,1-2H3,(H2,14,15,16,17,18). The molecule has 0 amide bonds. The van der Waals surface area contributed by atoms with Crippen LogP contribution in [0.15, 0.2) is 22.7 Å². The van der Waals surface area contributed by atoms with E-state index in [1.54, 1.807) is 19.2 Å². The molecular formula is C11H11BrFN5O. The Morgan fingerprint density at radius 1 is 1.21 bits per heavy atom. The maximum atomic E-state index is 13.6. The van der Waals surface area contributed by atoms with E-state index in [1.165, 1.54) is 13.2 Å². The molecule has 1 aromatic heterocycles. The topological polar surface area (TPSA) is 72.0 Å². The van der Waals surface area contributed by atoms with Crippen LogP contribution in [0.3, 0.4) is 0 Å². The third kappa shape index (κ3) is 3.28. The lowest BCUT2D eigenvalue weighted by Gasteiger charge is -2.08. The molecule has 2 N–H and O–H groups in total. The molecule has 2 aromatic rings. The van der Waals surface area contributed by atoms with Crippen molar-refractivity contribution in [2.75, 3.05) is 24.8 Å². The number of ether oxygens (including phenoxy) is 1. The van der Waals surface area contributed by atoms with Crippen LogP contribution in [0.1, 0.15) is 0 Å². The minimum absolute atomic E-state index is 0.136. The summed E-state index contributed by atoms with van der Waals surface area (Å²) in [6.45, 7) is 0. The van der Waals surface area contributed by atoms with Crippen LogP contribution in [0.4, 0.5) is 22.0 Å². The summed E-state index contributed by atoms with van der Waals surface area (Å²) in [5, 5.41) is 5.54. The molecule has 0 aliphatic heterocycles. The number of methoxy groups -OCH3 is 1. The molecule has 0 spiro atoms. The lowest BCUT2D eigenvalue weighted by Crippen LogP contribution is -2.06. The predicted octanol–water partition coefficient (Wildman–Crippen LogP) is 2.57. The molecule has 1 heterocycles. The number of benzene rings is 1. The zero-order chi connectivity index (χ0) is 13.8. The van der Waals surface area contributed by atoms with Crippen LogP contribution in [-0.4, -0.2) is 29.1 Å². The number of hydrogen-bond donors (Lipinski definition) is 2. The van der Waals surface area contributed by atoms with Crippen LogP contribution >= 0.6 is 15.9 Å². The van der Waals surface area contributed by atoms with Crippen LogP contribution in [0, 0.1) is 5.82 Å². The Morgan fingerprint density at radius 2 is 1.95 bits per heavy atom. The van der Waals surface area contributed by atoms with Crippen LogP contribution < -0.4 is 15.4 Å². The SMILES string of the molecule is CNc1nc(Nc2cc(Br)ccc2F)nc(OC)n1. The van der Waals surface area contributed by atoms with E-state index in [1.807, 2.05) is 0 Å². The Hall–Kier alpha value is -1.96. The molecule has 19 heavy (non-hydrogen) atoms. The van der Waals surface area contributed by atoms with E-state index in [2.05, 4.69) is 41.5 Å². The molecule has 2 rings (SSSR count). The summed E-state index contributed by atoms with van der Waals surface area (Å²) in [6.07, 6.45) is 0. The normalized spacial score (nSPS) is 10.1. The molecule has 0 fully saturated rings. The second-order valence-corrected chi connectivity index (χ2v) is 4.38. The molecule has 0 bridgehead atoms. The molecule has 0 radical (unpaired) electrons. The van der Waals surface area contributed by atoms with Gasteiger partial charge in [-0.25, -0.2) is 4.39 Å². The molecule has 0 saturated heterocycles. The number of aromatic nitrogens is 3. The summed E-state index contributed by atoms with van der Waals surface area (Å²) in [4.78, 5) is 12.0. The molecule has 0 saturated carbocycles. The van der Waals surface area contributed by atoms with Gasteiger partial charge >= 0.3 is 6.01 Å². The van der Waals surface area contributed by atoms with E-state index in [-0.39, 0.29) is 17.6 Å². The number of rotatable bonds is 4. The molecule has 0 aliphatic rings. The van der Waals surface area contributed by atoms with E-state index in [0.717, 1.165) is 4.47 Å².